The maximum absolute atomic E-state index is 5.25. The topological polar surface area (TPSA) is 9.23 Å². The number of ether oxygens (including phenoxy) is 1. The molecule has 1 aromatic rings. The van der Waals surface area contributed by atoms with Gasteiger partial charge in [-0.2, -0.15) is 0 Å². The molecule has 0 aliphatic heterocycles. The van der Waals surface area contributed by atoms with Crippen LogP contribution in [0.3, 0.4) is 0 Å². The maximum atomic E-state index is 5.25. The van der Waals surface area contributed by atoms with Gasteiger partial charge in [-0.3, -0.25) is 0 Å². The van der Waals surface area contributed by atoms with Crippen molar-refractivity contribution < 1.29 is 4.74 Å². The lowest BCUT2D eigenvalue weighted by atomic mass is 9.95. The van der Waals surface area contributed by atoms with E-state index < -0.39 is 0 Å². The Hall–Kier alpha value is -1.42. The van der Waals surface area contributed by atoms with Crippen LogP contribution in [0, 0.1) is 17.8 Å². The number of aryl methyl sites for hydroxylation is 1. The second-order valence-electron chi connectivity index (χ2n) is 4.27. The molecule has 1 atom stereocenters. The van der Waals surface area contributed by atoms with E-state index in [4.69, 9.17) is 4.74 Å². The fraction of sp³-hybridized carbons (Fsp3) is 0.500. The second-order valence-corrected chi connectivity index (χ2v) is 4.27. The van der Waals surface area contributed by atoms with Crippen LogP contribution in [0.15, 0.2) is 18.2 Å². The molecule has 0 aliphatic rings. The average molecular weight is 230 g/mol. The third kappa shape index (κ3) is 4.15. The third-order valence-corrected chi connectivity index (χ3v) is 2.85. The molecule has 0 radical (unpaired) electrons. The minimum absolute atomic E-state index is 0.425. The van der Waals surface area contributed by atoms with Crippen LogP contribution in [-0.4, -0.2) is 7.11 Å². The molecule has 1 unspecified atom stereocenters. The van der Waals surface area contributed by atoms with E-state index in [-0.39, 0.29) is 0 Å². The molecule has 1 heteroatoms. The third-order valence-electron chi connectivity index (χ3n) is 2.85. The van der Waals surface area contributed by atoms with Crippen molar-refractivity contribution in [3.63, 3.8) is 0 Å². The first-order valence-corrected chi connectivity index (χ1v) is 6.35. The highest BCUT2D eigenvalue weighted by atomic mass is 16.5. The van der Waals surface area contributed by atoms with Crippen LogP contribution < -0.4 is 4.74 Å². The van der Waals surface area contributed by atoms with Crippen molar-refractivity contribution in [1.29, 1.82) is 0 Å². The fourth-order valence-electron chi connectivity index (χ4n) is 1.91. The molecule has 17 heavy (non-hydrogen) atoms. The summed E-state index contributed by atoms with van der Waals surface area (Å²) < 4.78 is 5.25. The maximum Gasteiger partial charge on any atom is 0.119 e. The monoisotopic (exact) mass is 230 g/mol. The van der Waals surface area contributed by atoms with Crippen molar-refractivity contribution in [2.45, 2.75) is 40.0 Å². The molecule has 0 saturated heterocycles. The molecule has 0 saturated carbocycles. The van der Waals surface area contributed by atoms with E-state index in [9.17, 15) is 0 Å². The largest absolute Gasteiger partial charge is 0.497 e. The highest BCUT2D eigenvalue weighted by Crippen LogP contribution is 2.20. The number of hydrogen-bond donors (Lipinski definition) is 0. The Morgan fingerprint density at radius 1 is 1.24 bits per heavy atom. The van der Waals surface area contributed by atoms with Gasteiger partial charge in [-0.1, -0.05) is 32.8 Å². The molecule has 0 heterocycles. The van der Waals surface area contributed by atoms with Gasteiger partial charge in [0.05, 0.1) is 7.11 Å². The minimum atomic E-state index is 0.425. The molecule has 0 aromatic heterocycles. The van der Waals surface area contributed by atoms with Crippen molar-refractivity contribution in [1.82, 2.24) is 0 Å². The summed E-state index contributed by atoms with van der Waals surface area (Å²) >= 11 is 0. The van der Waals surface area contributed by atoms with E-state index >= 15 is 0 Å². The van der Waals surface area contributed by atoms with Crippen LogP contribution in [0.1, 0.15) is 38.3 Å². The van der Waals surface area contributed by atoms with Gasteiger partial charge in [0.1, 0.15) is 5.75 Å². The van der Waals surface area contributed by atoms with Gasteiger partial charge in [-0.05, 0) is 36.1 Å². The molecule has 0 amide bonds. The van der Waals surface area contributed by atoms with Gasteiger partial charge >= 0.3 is 0 Å². The summed E-state index contributed by atoms with van der Waals surface area (Å²) in [6.07, 6.45) is 3.01. The molecule has 92 valence electrons. The summed E-state index contributed by atoms with van der Waals surface area (Å²) in [6.45, 7) is 6.46. The molecule has 0 bridgehead atoms. The SMILES string of the molecule is CCC#CC(C)Cc1ccc(OC)cc1CC. The van der Waals surface area contributed by atoms with Gasteiger partial charge < -0.3 is 4.74 Å². The molecular weight excluding hydrogens is 208 g/mol. The Balaban J connectivity index is 2.83. The van der Waals surface area contributed by atoms with E-state index in [1.807, 2.05) is 6.07 Å². The first-order valence-electron chi connectivity index (χ1n) is 6.35. The van der Waals surface area contributed by atoms with Crippen LogP contribution in [0.25, 0.3) is 0 Å². The first kappa shape index (κ1) is 13.6. The average Bonchev–Trinajstić information content (AvgIpc) is 2.36. The summed E-state index contributed by atoms with van der Waals surface area (Å²) in [4.78, 5) is 0. The van der Waals surface area contributed by atoms with Crippen molar-refractivity contribution in [2.24, 2.45) is 5.92 Å². The molecule has 1 aromatic carbocycles. The van der Waals surface area contributed by atoms with Crippen LogP contribution in [0.2, 0.25) is 0 Å². The lowest BCUT2D eigenvalue weighted by Gasteiger charge is -2.11. The molecular formula is C16H22O. The van der Waals surface area contributed by atoms with Crippen LogP contribution >= 0.6 is 0 Å². The minimum Gasteiger partial charge on any atom is -0.497 e. The fourth-order valence-corrected chi connectivity index (χ4v) is 1.91. The van der Waals surface area contributed by atoms with E-state index in [0.29, 0.717) is 5.92 Å². The molecule has 1 nitrogen and oxygen atoms in total. The molecule has 0 N–H and O–H groups in total. The van der Waals surface area contributed by atoms with Gasteiger partial charge in [0, 0.05) is 12.3 Å². The second kappa shape index (κ2) is 7.01. The number of benzene rings is 1. The Kier molecular flexibility index (Phi) is 5.63. The van der Waals surface area contributed by atoms with Gasteiger partial charge in [0.2, 0.25) is 0 Å². The summed E-state index contributed by atoms with van der Waals surface area (Å²) in [5.41, 5.74) is 2.76. The number of methoxy groups -OCH3 is 1. The first-order chi connectivity index (χ1) is 8.21. The Morgan fingerprint density at radius 2 is 2.00 bits per heavy atom. The predicted octanol–water partition coefficient (Wildman–Crippen LogP) is 3.85. The Bertz CT molecular complexity index is 409. The summed E-state index contributed by atoms with van der Waals surface area (Å²) in [5, 5.41) is 0. The van der Waals surface area contributed by atoms with Crippen molar-refractivity contribution in [2.75, 3.05) is 7.11 Å². The smallest absolute Gasteiger partial charge is 0.119 e. The van der Waals surface area contributed by atoms with E-state index in [1.54, 1.807) is 7.11 Å². The number of hydrogen-bond acceptors (Lipinski definition) is 1. The molecule has 0 spiro atoms. The predicted molar refractivity (Wildman–Crippen MR) is 73.3 cm³/mol. The van der Waals surface area contributed by atoms with Crippen LogP contribution in [-0.2, 0) is 12.8 Å². The zero-order valence-electron chi connectivity index (χ0n) is 11.3. The van der Waals surface area contributed by atoms with E-state index in [2.05, 4.69) is 44.7 Å². The van der Waals surface area contributed by atoms with Crippen molar-refractivity contribution in [3.8, 4) is 17.6 Å². The molecule has 0 aliphatic carbocycles. The zero-order chi connectivity index (χ0) is 12.7. The highest BCUT2D eigenvalue weighted by Gasteiger charge is 2.06. The Morgan fingerprint density at radius 3 is 2.59 bits per heavy atom. The zero-order valence-corrected chi connectivity index (χ0v) is 11.3. The molecule has 0 fully saturated rings. The van der Waals surface area contributed by atoms with Gasteiger partial charge in [0.25, 0.3) is 0 Å². The highest BCUT2D eigenvalue weighted by molar-refractivity contribution is 5.36. The van der Waals surface area contributed by atoms with Crippen LogP contribution in [0.5, 0.6) is 5.75 Å². The lowest BCUT2D eigenvalue weighted by Crippen LogP contribution is -2.01. The van der Waals surface area contributed by atoms with Gasteiger partial charge in [0.15, 0.2) is 0 Å². The van der Waals surface area contributed by atoms with E-state index in [0.717, 1.165) is 25.0 Å². The Labute approximate surface area is 105 Å². The van der Waals surface area contributed by atoms with Crippen molar-refractivity contribution >= 4 is 0 Å². The summed E-state index contributed by atoms with van der Waals surface area (Å²) in [6, 6.07) is 6.34. The quantitative estimate of drug-likeness (QED) is 0.714. The lowest BCUT2D eigenvalue weighted by molar-refractivity contribution is 0.414. The normalized spacial score (nSPS) is 11.5. The number of rotatable bonds is 4. The van der Waals surface area contributed by atoms with Crippen LogP contribution in [0.4, 0.5) is 0 Å². The standard InChI is InChI=1S/C16H22O/c1-5-7-8-13(3)11-15-9-10-16(17-4)12-14(15)6-2/h9-10,12-13H,5-6,11H2,1-4H3. The molecule has 1 rings (SSSR count). The summed E-state index contributed by atoms with van der Waals surface area (Å²) in [7, 11) is 1.71. The van der Waals surface area contributed by atoms with Gasteiger partial charge in [-0.25, -0.2) is 0 Å². The summed E-state index contributed by atoms with van der Waals surface area (Å²) in [5.74, 6) is 7.80. The van der Waals surface area contributed by atoms with Crippen molar-refractivity contribution in [3.05, 3.63) is 29.3 Å². The van der Waals surface area contributed by atoms with Gasteiger partial charge in [-0.15, -0.1) is 5.92 Å². The van der Waals surface area contributed by atoms with E-state index in [1.165, 1.54) is 11.1 Å².